The minimum atomic E-state index is -3.08. The summed E-state index contributed by atoms with van der Waals surface area (Å²) in [5.41, 5.74) is 0.966. The van der Waals surface area contributed by atoms with Crippen molar-refractivity contribution in [2.75, 3.05) is 18.1 Å². The minimum Gasteiger partial charge on any atom is -0.484 e. The molecule has 0 bridgehead atoms. The molecule has 7 heteroatoms. The SMILES string of the molecule is O=C(COc1ccc(Br)cc1)N(Cc1ccccc1)[C@H]1CCS(=O)(=O)C1. The molecule has 26 heavy (non-hydrogen) atoms. The Morgan fingerprint density at radius 3 is 2.42 bits per heavy atom. The maximum absolute atomic E-state index is 12.8. The highest BCUT2D eigenvalue weighted by atomic mass is 79.9. The van der Waals surface area contributed by atoms with Gasteiger partial charge in [-0.05, 0) is 36.2 Å². The van der Waals surface area contributed by atoms with Gasteiger partial charge in [-0.25, -0.2) is 8.42 Å². The Bertz CT molecular complexity index is 853. The van der Waals surface area contributed by atoms with Gasteiger partial charge in [-0.3, -0.25) is 4.79 Å². The zero-order valence-corrected chi connectivity index (χ0v) is 16.6. The number of carbonyl (C=O) groups is 1. The molecular formula is C19H20BrNO4S. The van der Waals surface area contributed by atoms with Gasteiger partial charge in [0.15, 0.2) is 16.4 Å². The van der Waals surface area contributed by atoms with Crippen LogP contribution in [-0.2, 0) is 21.2 Å². The van der Waals surface area contributed by atoms with Gasteiger partial charge in [0.1, 0.15) is 5.75 Å². The highest BCUT2D eigenvalue weighted by Gasteiger charge is 2.34. The van der Waals surface area contributed by atoms with Gasteiger partial charge in [0.25, 0.3) is 5.91 Å². The molecule has 1 fully saturated rings. The third kappa shape index (κ3) is 5.08. The summed E-state index contributed by atoms with van der Waals surface area (Å²) < 4.78 is 30.2. The second kappa shape index (κ2) is 8.22. The Morgan fingerprint density at radius 2 is 1.81 bits per heavy atom. The van der Waals surface area contributed by atoms with E-state index in [0.29, 0.717) is 18.7 Å². The van der Waals surface area contributed by atoms with E-state index in [0.717, 1.165) is 10.0 Å². The van der Waals surface area contributed by atoms with Crippen molar-refractivity contribution in [2.45, 2.75) is 19.0 Å². The predicted octanol–water partition coefficient (Wildman–Crippen LogP) is 3.04. The fourth-order valence-corrected chi connectivity index (χ4v) is 4.98. The molecule has 3 rings (SSSR count). The summed E-state index contributed by atoms with van der Waals surface area (Å²) in [6.07, 6.45) is 0.471. The number of benzene rings is 2. The molecule has 1 aliphatic rings. The summed E-state index contributed by atoms with van der Waals surface area (Å²) >= 11 is 3.35. The third-order valence-electron chi connectivity index (χ3n) is 4.34. The zero-order valence-electron chi connectivity index (χ0n) is 14.2. The summed E-state index contributed by atoms with van der Waals surface area (Å²) in [5.74, 6) is 0.535. The molecular weight excluding hydrogens is 418 g/mol. The number of ether oxygens (including phenoxy) is 1. The van der Waals surface area contributed by atoms with Crippen LogP contribution < -0.4 is 4.74 Å². The van der Waals surface area contributed by atoms with E-state index in [1.807, 2.05) is 42.5 Å². The van der Waals surface area contributed by atoms with E-state index in [-0.39, 0.29) is 30.1 Å². The second-order valence-electron chi connectivity index (χ2n) is 6.31. The molecule has 0 radical (unpaired) electrons. The quantitative estimate of drug-likeness (QED) is 0.696. The number of halogens is 1. The van der Waals surface area contributed by atoms with Crippen LogP contribution in [-0.4, -0.2) is 43.4 Å². The van der Waals surface area contributed by atoms with E-state index in [1.165, 1.54) is 0 Å². The zero-order chi connectivity index (χ0) is 18.6. The maximum Gasteiger partial charge on any atom is 0.261 e. The lowest BCUT2D eigenvalue weighted by Crippen LogP contribution is -2.43. The van der Waals surface area contributed by atoms with Crippen molar-refractivity contribution in [2.24, 2.45) is 0 Å². The molecule has 0 saturated carbocycles. The largest absolute Gasteiger partial charge is 0.484 e. The van der Waals surface area contributed by atoms with Gasteiger partial charge >= 0.3 is 0 Å². The van der Waals surface area contributed by atoms with Crippen molar-refractivity contribution in [3.8, 4) is 5.75 Å². The van der Waals surface area contributed by atoms with Gasteiger partial charge in [-0.15, -0.1) is 0 Å². The Kier molecular flexibility index (Phi) is 5.98. The van der Waals surface area contributed by atoms with E-state index in [4.69, 9.17) is 4.74 Å². The number of amides is 1. The molecule has 1 heterocycles. The van der Waals surface area contributed by atoms with Crippen molar-refractivity contribution in [1.29, 1.82) is 0 Å². The van der Waals surface area contributed by atoms with Crippen LogP contribution in [0.25, 0.3) is 0 Å². The standard InChI is InChI=1S/C19H20BrNO4S/c20-16-6-8-18(9-7-16)25-13-19(22)21(12-15-4-2-1-3-5-15)17-10-11-26(23,24)14-17/h1-9,17H,10-14H2/t17-/m0/s1. The summed E-state index contributed by atoms with van der Waals surface area (Å²) in [5, 5.41) is 0. The van der Waals surface area contributed by atoms with Crippen LogP contribution in [0.4, 0.5) is 0 Å². The average molecular weight is 438 g/mol. The Labute approximate surface area is 162 Å². The summed E-state index contributed by atoms with van der Waals surface area (Å²) in [4.78, 5) is 14.4. The maximum atomic E-state index is 12.8. The van der Waals surface area contributed by atoms with Gasteiger partial charge in [0.05, 0.1) is 11.5 Å². The van der Waals surface area contributed by atoms with Crippen LogP contribution in [0, 0.1) is 0 Å². The van der Waals surface area contributed by atoms with Gasteiger partial charge in [-0.2, -0.15) is 0 Å². The van der Waals surface area contributed by atoms with E-state index < -0.39 is 9.84 Å². The monoisotopic (exact) mass is 437 g/mol. The Morgan fingerprint density at radius 1 is 1.12 bits per heavy atom. The molecule has 1 saturated heterocycles. The number of rotatable bonds is 6. The van der Waals surface area contributed by atoms with E-state index in [2.05, 4.69) is 15.9 Å². The first-order chi connectivity index (χ1) is 12.4. The van der Waals surface area contributed by atoms with Crippen LogP contribution in [0.2, 0.25) is 0 Å². The smallest absolute Gasteiger partial charge is 0.261 e. The molecule has 5 nitrogen and oxygen atoms in total. The topological polar surface area (TPSA) is 63.7 Å². The Hall–Kier alpha value is -1.86. The molecule has 2 aromatic rings. The number of hydrogen-bond acceptors (Lipinski definition) is 4. The molecule has 1 amide bonds. The summed E-state index contributed by atoms with van der Waals surface area (Å²) in [6.45, 7) is 0.259. The molecule has 138 valence electrons. The molecule has 0 N–H and O–H groups in total. The van der Waals surface area contributed by atoms with Crippen molar-refractivity contribution < 1.29 is 17.9 Å². The normalized spacial score (nSPS) is 18.4. The van der Waals surface area contributed by atoms with Gasteiger partial charge < -0.3 is 9.64 Å². The molecule has 1 aliphatic heterocycles. The predicted molar refractivity (Wildman–Crippen MR) is 104 cm³/mol. The molecule has 0 unspecified atom stereocenters. The van der Waals surface area contributed by atoms with Crippen LogP contribution in [0.5, 0.6) is 5.75 Å². The lowest BCUT2D eigenvalue weighted by atomic mass is 10.1. The number of carbonyl (C=O) groups excluding carboxylic acids is 1. The summed E-state index contributed by atoms with van der Waals surface area (Å²) in [6, 6.07) is 16.5. The van der Waals surface area contributed by atoms with Gasteiger partial charge in [0.2, 0.25) is 0 Å². The molecule has 1 atom stereocenters. The third-order valence-corrected chi connectivity index (χ3v) is 6.62. The molecule has 0 aliphatic carbocycles. The van der Waals surface area contributed by atoms with Gasteiger partial charge in [0, 0.05) is 17.1 Å². The van der Waals surface area contributed by atoms with Crippen LogP contribution >= 0.6 is 15.9 Å². The van der Waals surface area contributed by atoms with Crippen molar-refractivity contribution in [3.05, 3.63) is 64.6 Å². The van der Waals surface area contributed by atoms with Crippen molar-refractivity contribution in [1.82, 2.24) is 4.90 Å². The fourth-order valence-electron chi connectivity index (χ4n) is 2.98. The average Bonchev–Trinajstić information content (AvgIpc) is 2.99. The number of nitrogens with zero attached hydrogens (tertiary/aromatic N) is 1. The van der Waals surface area contributed by atoms with Crippen LogP contribution in [0.1, 0.15) is 12.0 Å². The first-order valence-electron chi connectivity index (χ1n) is 8.35. The van der Waals surface area contributed by atoms with E-state index in [1.54, 1.807) is 17.0 Å². The van der Waals surface area contributed by atoms with E-state index >= 15 is 0 Å². The first-order valence-corrected chi connectivity index (χ1v) is 11.0. The van der Waals surface area contributed by atoms with Gasteiger partial charge in [-0.1, -0.05) is 46.3 Å². The lowest BCUT2D eigenvalue weighted by molar-refractivity contribution is -0.136. The Balaban J connectivity index is 1.71. The first kappa shape index (κ1) is 18.9. The van der Waals surface area contributed by atoms with Crippen molar-refractivity contribution in [3.63, 3.8) is 0 Å². The highest BCUT2D eigenvalue weighted by Crippen LogP contribution is 2.21. The number of sulfone groups is 1. The minimum absolute atomic E-state index is 0.0177. The lowest BCUT2D eigenvalue weighted by Gasteiger charge is -2.28. The second-order valence-corrected chi connectivity index (χ2v) is 9.45. The fraction of sp³-hybridized carbons (Fsp3) is 0.316. The van der Waals surface area contributed by atoms with Crippen LogP contribution in [0.3, 0.4) is 0 Å². The summed E-state index contributed by atoms with van der Waals surface area (Å²) in [7, 11) is -3.08. The molecule has 0 spiro atoms. The van der Waals surface area contributed by atoms with E-state index in [9.17, 15) is 13.2 Å². The van der Waals surface area contributed by atoms with Crippen LogP contribution in [0.15, 0.2) is 59.1 Å². The number of hydrogen-bond donors (Lipinski definition) is 0. The molecule has 2 aromatic carbocycles. The van der Waals surface area contributed by atoms with Crippen molar-refractivity contribution >= 4 is 31.7 Å². The molecule has 0 aromatic heterocycles. The highest BCUT2D eigenvalue weighted by molar-refractivity contribution is 9.10.